The quantitative estimate of drug-likeness (QED) is 0.150. The number of carbonyl (C=O) groups is 1. The maximum absolute atomic E-state index is 13.3. The number of fused-ring (bicyclic) bond motifs is 1. The number of amides is 1. The van der Waals surface area contributed by atoms with Gasteiger partial charge in [0.05, 0.1) is 42.8 Å². The van der Waals surface area contributed by atoms with E-state index in [1.165, 1.54) is 10.8 Å². The number of ether oxygens (including phenoxy) is 2. The summed E-state index contributed by atoms with van der Waals surface area (Å²) < 4.78 is 12.9. The van der Waals surface area contributed by atoms with Gasteiger partial charge in [0.25, 0.3) is 11.5 Å². The van der Waals surface area contributed by atoms with Gasteiger partial charge >= 0.3 is 0 Å². The lowest BCUT2D eigenvalue weighted by molar-refractivity contribution is -0.118. The van der Waals surface area contributed by atoms with Crippen molar-refractivity contribution in [2.75, 3.05) is 20.0 Å². The third-order valence-electron chi connectivity index (χ3n) is 4.99. The first-order valence-electron chi connectivity index (χ1n) is 10.4. The van der Waals surface area contributed by atoms with Crippen LogP contribution < -0.4 is 20.5 Å². The van der Waals surface area contributed by atoms with Crippen molar-refractivity contribution in [3.8, 4) is 17.2 Å². The Kier molecular flexibility index (Phi) is 7.84. The lowest BCUT2D eigenvalue weighted by Gasteiger charge is -2.13. The van der Waals surface area contributed by atoms with Crippen molar-refractivity contribution < 1.29 is 14.3 Å². The zero-order valence-electron chi connectivity index (χ0n) is 18.9. The van der Waals surface area contributed by atoms with Gasteiger partial charge in [-0.25, -0.2) is 10.4 Å². The Hall–Kier alpha value is -3.63. The number of halogens is 1. The van der Waals surface area contributed by atoms with Crippen LogP contribution in [0.2, 0.25) is 0 Å². The molecular weight excluding hydrogens is 532 g/mol. The van der Waals surface area contributed by atoms with E-state index in [4.69, 9.17) is 9.47 Å². The number of rotatable bonds is 8. The fraction of sp³-hybridized carbons (Fsp3) is 0.120. The van der Waals surface area contributed by atoms with E-state index in [9.17, 15) is 9.59 Å². The van der Waals surface area contributed by atoms with E-state index in [0.29, 0.717) is 38.8 Å². The second kappa shape index (κ2) is 11.2. The Morgan fingerprint density at radius 2 is 1.89 bits per heavy atom. The molecule has 35 heavy (non-hydrogen) atoms. The number of hydrogen-bond donors (Lipinski definition) is 1. The number of thioether (sulfide) groups is 1. The van der Waals surface area contributed by atoms with Crippen LogP contribution in [0.1, 0.15) is 5.56 Å². The molecule has 1 amide bonds. The van der Waals surface area contributed by atoms with Crippen molar-refractivity contribution in [3.05, 3.63) is 87.1 Å². The standard InChI is InChI=1S/C25H21BrN4O4S/c1-33-19-10-8-18(9-11-19)30-24(32)20-5-3-4-6-21(20)28-25(30)35-15-23(31)29-27-14-16-13-17(26)7-12-22(16)34-2/h3-14H,15H2,1-2H3,(H,29,31). The summed E-state index contributed by atoms with van der Waals surface area (Å²) in [5.74, 6) is 0.964. The first-order valence-corrected chi connectivity index (χ1v) is 12.2. The van der Waals surface area contributed by atoms with Crippen molar-refractivity contribution in [2.24, 2.45) is 5.10 Å². The van der Waals surface area contributed by atoms with Crippen LogP contribution in [-0.2, 0) is 4.79 Å². The molecule has 10 heteroatoms. The molecule has 0 saturated heterocycles. The molecule has 0 radical (unpaired) electrons. The number of para-hydroxylation sites is 1. The predicted octanol–water partition coefficient (Wildman–Crippen LogP) is 4.41. The lowest BCUT2D eigenvalue weighted by atomic mass is 10.2. The summed E-state index contributed by atoms with van der Waals surface area (Å²) in [5.41, 5.74) is 4.18. The van der Waals surface area contributed by atoms with E-state index >= 15 is 0 Å². The van der Waals surface area contributed by atoms with Crippen molar-refractivity contribution in [1.29, 1.82) is 0 Å². The highest BCUT2D eigenvalue weighted by Gasteiger charge is 2.15. The number of nitrogens with zero attached hydrogens (tertiary/aromatic N) is 3. The molecule has 1 N–H and O–H groups in total. The maximum Gasteiger partial charge on any atom is 0.266 e. The molecule has 0 aliphatic rings. The molecule has 0 atom stereocenters. The van der Waals surface area contributed by atoms with E-state index < -0.39 is 0 Å². The van der Waals surface area contributed by atoms with Crippen LogP contribution >= 0.6 is 27.7 Å². The Morgan fingerprint density at radius 1 is 1.11 bits per heavy atom. The second-order valence-electron chi connectivity index (χ2n) is 7.22. The molecule has 178 valence electrons. The third kappa shape index (κ3) is 5.72. The molecule has 1 aromatic heterocycles. The topological polar surface area (TPSA) is 94.8 Å². The molecule has 0 saturated carbocycles. The van der Waals surface area contributed by atoms with Gasteiger partial charge in [0.2, 0.25) is 0 Å². The van der Waals surface area contributed by atoms with Crippen LogP contribution in [0.25, 0.3) is 16.6 Å². The van der Waals surface area contributed by atoms with Gasteiger partial charge < -0.3 is 9.47 Å². The minimum absolute atomic E-state index is 0.00783. The fourth-order valence-corrected chi connectivity index (χ4v) is 4.49. The Morgan fingerprint density at radius 3 is 2.63 bits per heavy atom. The van der Waals surface area contributed by atoms with Crippen LogP contribution in [-0.4, -0.2) is 41.6 Å². The van der Waals surface area contributed by atoms with Gasteiger partial charge in [-0.3, -0.25) is 14.2 Å². The van der Waals surface area contributed by atoms with E-state index in [0.717, 1.165) is 16.2 Å². The molecule has 0 unspecified atom stereocenters. The van der Waals surface area contributed by atoms with Gasteiger partial charge in [0, 0.05) is 10.0 Å². The average molecular weight is 553 g/mol. The molecule has 0 spiro atoms. The summed E-state index contributed by atoms with van der Waals surface area (Å²) in [4.78, 5) is 30.4. The Bertz CT molecular complexity index is 1450. The van der Waals surface area contributed by atoms with Gasteiger partial charge in [0.15, 0.2) is 5.16 Å². The van der Waals surface area contributed by atoms with Crippen molar-refractivity contribution in [2.45, 2.75) is 5.16 Å². The predicted molar refractivity (Wildman–Crippen MR) is 141 cm³/mol. The number of aromatic nitrogens is 2. The largest absolute Gasteiger partial charge is 0.497 e. The number of carbonyl (C=O) groups excluding carboxylic acids is 1. The molecule has 0 aliphatic carbocycles. The van der Waals surface area contributed by atoms with Gasteiger partial charge in [-0.1, -0.05) is 39.8 Å². The summed E-state index contributed by atoms with van der Waals surface area (Å²) >= 11 is 4.55. The van der Waals surface area contributed by atoms with E-state index in [2.05, 4.69) is 31.4 Å². The number of hydrazone groups is 1. The zero-order valence-corrected chi connectivity index (χ0v) is 21.3. The van der Waals surface area contributed by atoms with Crippen LogP contribution in [0.3, 0.4) is 0 Å². The Labute approximate surface area is 214 Å². The zero-order chi connectivity index (χ0) is 24.8. The van der Waals surface area contributed by atoms with Gasteiger partial charge in [-0.2, -0.15) is 5.10 Å². The van der Waals surface area contributed by atoms with Gasteiger partial charge in [-0.05, 0) is 54.6 Å². The first kappa shape index (κ1) is 24.5. The SMILES string of the molecule is COc1ccc(-n2c(SCC(=O)NN=Cc3cc(Br)ccc3OC)nc3ccccc3c2=O)cc1. The summed E-state index contributed by atoms with van der Waals surface area (Å²) in [5, 5.41) is 4.91. The summed E-state index contributed by atoms with van der Waals surface area (Å²) in [6.45, 7) is 0. The molecule has 1 heterocycles. The second-order valence-corrected chi connectivity index (χ2v) is 9.08. The number of benzene rings is 3. The maximum atomic E-state index is 13.3. The molecule has 3 aromatic carbocycles. The van der Waals surface area contributed by atoms with E-state index in [-0.39, 0.29) is 17.2 Å². The fourth-order valence-electron chi connectivity index (χ4n) is 3.31. The molecule has 4 rings (SSSR count). The third-order valence-corrected chi connectivity index (χ3v) is 6.42. The molecule has 4 aromatic rings. The van der Waals surface area contributed by atoms with Crippen LogP contribution in [0.15, 0.2) is 86.3 Å². The van der Waals surface area contributed by atoms with Gasteiger partial charge in [0.1, 0.15) is 11.5 Å². The monoisotopic (exact) mass is 552 g/mol. The first-order chi connectivity index (χ1) is 17.0. The lowest BCUT2D eigenvalue weighted by Crippen LogP contribution is -2.24. The molecule has 8 nitrogen and oxygen atoms in total. The van der Waals surface area contributed by atoms with Crippen LogP contribution in [0, 0.1) is 0 Å². The highest BCUT2D eigenvalue weighted by Crippen LogP contribution is 2.23. The molecule has 0 fully saturated rings. The highest BCUT2D eigenvalue weighted by molar-refractivity contribution is 9.10. The number of nitrogens with one attached hydrogen (secondary N) is 1. The number of hydrogen-bond acceptors (Lipinski definition) is 7. The summed E-state index contributed by atoms with van der Waals surface area (Å²) in [6, 6.07) is 19.7. The minimum Gasteiger partial charge on any atom is -0.497 e. The highest BCUT2D eigenvalue weighted by atomic mass is 79.9. The van der Waals surface area contributed by atoms with E-state index in [1.807, 2.05) is 18.2 Å². The van der Waals surface area contributed by atoms with Crippen molar-refractivity contribution in [1.82, 2.24) is 15.0 Å². The van der Waals surface area contributed by atoms with Gasteiger partial charge in [-0.15, -0.1) is 0 Å². The average Bonchev–Trinajstić information content (AvgIpc) is 2.88. The van der Waals surface area contributed by atoms with Crippen LogP contribution in [0.4, 0.5) is 0 Å². The summed E-state index contributed by atoms with van der Waals surface area (Å²) in [7, 11) is 3.14. The molecule has 0 bridgehead atoms. The molecular formula is C25H21BrN4O4S. The molecule has 0 aliphatic heterocycles. The Balaban J connectivity index is 1.56. The van der Waals surface area contributed by atoms with Crippen molar-refractivity contribution in [3.63, 3.8) is 0 Å². The number of methoxy groups -OCH3 is 2. The summed E-state index contributed by atoms with van der Waals surface area (Å²) in [6.07, 6.45) is 1.51. The van der Waals surface area contributed by atoms with E-state index in [1.54, 1.807) is 62.8 Å². The van der Waals surface area contributed by atoms with Crippen LogP contribution in [0.5, 0.6) is 11.5 Å². The smallest absolute Gasteiger partial charge is 0.266 e. The van der Waals surface area contributed by atoms with Crippen molar-refractivity contribution >= 4 is 50.7 Å². The normalized spacial score (nSPS) is 11.1. The minimum atomic E-state index is -0.344.